The summed E-state index contributed by atoms with van der Waals surface area (Å²) in [5.74, 6) is 4.65. The molecule has 0 amide bonds. The molecule has 0 saturated carbocycles. The zero-order chi connectivity index (χ0) is 17.3. The van der Waals surface area contributed by atoms with Crippen LogP contribution in [-0.2, 0) is 14.3 Å². The summed E-state index contributed by atoms with van der Waals surface area (Å²) in [7, 11) is 0. The van der Waals surface area contributed by atoms with Gasteiger partial charge in [-0.05, 0) is 32.4 Å². The SMILES string of the molecule is C#CC(/C=C/COC(C#C)c1ccccc1)OC(=O)C(C)(C)C. The third-order valence-electron chi connectivity index (χ3n) is 2.93. The van der Waals surface area contributed by atoms with Gasteiger partial charge in [-0.25, -0.2) is 0 Å². The molecule has 2 atom stereocenters. The second-order valence-corrected chi connectivity index (χ2v) is 5.96. The fourth-order valence-electron chi connectivity index (χ4n) is 1.62. The highest BCUT2D eigenvalue weighted by atomic mass is 16.5. The Hall–Kier alpha value is -2.49. The minimum absolute atomic E-state index is 0.273. The van der Waals surface area contributed by atoms with Crippen LogP contribution in [0.2, 0.25) is 0 Å². The van der Waals surface area contributed by atoms with Gasteiger partial charge in [-0.2, -0.15) is 0 Å². The smallest absolute Gasteiger partial charge is 0.312 e. The molecule has 0 bridgehead atoms. The van der Waals surface area contributed by atoms with E-state index in [0.717, 1.165) is 5.56 Å². The van der Waals surface area contributed by atoms with Gasteiger partial charge < -0.3 is 9.47 Å². The summed E-state index contributed by atoms with van der Waals surface area (Å²) >= 11 is 0. The summed E-state index contributed by atoms with van der Waals surface area (Å²) in [5, 5.41) is 0. The van der Waals surface area contributed by atoms with E-state index in [0.29, 0.717) is 0 Å². The predicted molar refractivity (Wildman–Crippen MR) is 91.3 cm³/mol. The van der Waals surface area contributed by atoms with E-state index in [1.54, 1.807) is 32.9 Å². The van der Waals surface area contributed by atoms with E-state index in [-0.39, 0.29) is 12.6 Å². The molecule has 0 aliphatic heterocycles. The molecular formula is C20H22O3. The van der Waals surface area contributed by atoms with Gasteiger partial charge in [-0.1, -0.05) is 48.2 Å². The predicted octanol–water partition coefficient (Wildman–Crippen LogP) is 3.52. The van der Waals surface area contributed by atoms with E-state index in [2.05, 4.69) is 11.8 Å². The van der Waals surface area contributed by atoms with E-state index in [9.17, 15) is 4.79 Å². The van der Waals surface area contributed by atoms with Crippen LogP contribution in [0.25, 0.3) is 0 Å². The van der Waals surface area contributed by atoms with Crippen molar-refractivity contribution in [1.29, 1.82) is 0 Å². The van der Waals surface area contributed by atoms with Gasteiger partial charge in [-0.3, -0.25) is 4.79 Å². The van der Waals surface area contributed by atoms with E-state index >= 15 is 0 Å². The number of hydrogen-bond acceptors (Lipinski definition) is 3. The Kier molecular flexibility index (Phi) is 7.13. The van der Waals surface area contributed by atoms with Crippen LogP contribution in [0, 0.1) is 30.1 Å². The fraction of sp³-hybridized carbons (Fsp3) is 0.350. The molecule has 0 fully saturated rings. The molecule has 3 nitrogen and oxygen atoms in total. The normalized spacial score (nSPS) is 13.8. The maximum absolute atomic E-state index is 11.8. The van der Waals surface area contributed by atoms with Crippen LogP contribution in [0.4, 0.5) is 0 Å². The number of carbonyl (C=O) groups excluding carboxylic acids is 1. The summed E-state index contributed by atoms with van der Waals surface area (Å²) in [6, 6.07) is 9.53. The number of hydrogen-bond donors (Lipinski definition) is 0. The molecule has 0 saturated heterocycles. The van der Waals surface area contributed by atoms with E-state index < -0.39 is 17.6 Å². The van der Waals surface area contributed by atoms with Gasteiger partial charge in [0.1, 0.15) is 6.10 Å². The van der Waals surface area contributed by atoms with Crippen LogP contribution in [0.3, 0.4) is 0 Å². The Morgan fingerprint density at radius 2 is 1.87 bits per heavy atom. The minimum Gasteiger partial charge on any atom is -0.444 e. The van der Waals surface area contributed by atoms with Gasteiger partial charge in [0.2, 0.25) is 0 Å². The zero-order valence-corrected chi connectivity index (χ0v) is 13.8. The molecule has 0 aliphatic carbocycles. The molecule has 0 N–H and O–H groups in total. The molecule has 2 unspecified atom stereocenters. The Bertz CT molecular complexity index is 609. The summed E-state index contributed by atoms with van der Waals surface area (Å²) in [4.78, 5) is 11.8. The minimum atomic E-state index is -0.716. The van der Waals surface area contributed by atoms with Crippen LogP contribution in [-0.4, -0.2) is 18.7 Å². The topological polar surface area (TPSA) is 35.5 Å². The van der Waals surface area contributed by atoms with E-state index in [1.807, 2.05) is 30.3 Å². The zero-order valence-electron chi connectivity index (χ0n) is 13.8. The molecule has 0 radical (unpaired) electrons. The van der Waals surface area contributed by atoms with Gasteiger partial charge in [-0.15, -0.1) is 12.8 Å². The van der Waals surface area contributed by atoms with Crippen molar-refractivity contribution >= 4 is 5.97 Å². The van der Waals surface area contributed by atoms with Crippen molar-refractivity contribution in [2.45, 2.75) is 33.0 Å². The van der Waals surface area contributed by atoms with Crippen molar-refractivity contribution in [3.63, 3.8) is 0 Å². The van der Waals surface area contributed by atoms with Gasteiger partial charge in [0.25, 0.3) is 0 Å². The molecule has 3 heteroatoms. The fourth-order valence-corrected chi connectivity index (χ4v) is 1.62. The van der Waals surface area contributed by atoms with Gasteiger partial charge in [0.05, 0.1) is 12.0 Å². The first-order chi connectivity index (χ1) is 10.9. The lowest BCUT2D eigenvalue weighted by molar-refractivity contribution is -0.154. The Balaban J connectivity index is 2.53. The maximum Gasteiger partial charge on any atom is 0.312 e. The molecule has 0 aliphatic rings. The Morgan fingerprint density at radius 3 is 2.39 bits per heavy atom. The first-order valence-electron chi connectivity index (χ1n) is 7.35. The maximum atomic E-state index is 11.8. The number of rotatable bonds is 6. The van der Waals surface area contributed by atoms with Crippen molar-refractivity contribution in [2.24, 2.45) is 5.41 Å². The monoisotopic (exact) mass is 310 g/mol. The number of esters is 1. The van der Waals surface area contributed by atoms with E-state index in [4.69, 9.17) is 22.3 Å². The number of terminal acetylenes is 2. The first-order valence-corrected chi connectivity index (χ1v) is 7.35. The molecule has 0 aromatic heterocycles. The third-order valence-corrected chi connectivity index (χ3v) is 2.93. The largest absolute Gasteiger partial charge is 0.444 e. The highest BCUT2D eigenvalue weighted by molar-refractivity contribution is 5.75. The molecule has 23 heavy (non-hydrogen) atoms. The highest BCUT2D eigenvalue weighted by Crippen LogP contribution is 2.17. The molecule has 0 spiro atoms. The number of carbonyl (C=O) groups is 1. The number of benzene rings is 1. The Morgan fingerprint density at radius 1 is 1.22 bits per heavy atom. The Labute approximate surface area is 138 Å². The molecule has 1 aromatic rings. The lowest BCUT2D eigenvalue weighted by Gasteiger charge is -2.18. The summed E-state index contributed by atoms with van der Waals surface area (Å²) in [5.41, 5.74) is 0.317. The summed E-state index contributed by atoms with van der Waals surface area (Å²) in [6.07, 6.45) is 13.0. The van der Waals surface area contributed by atoms with Gasteiger partial charge in [0.15, 0.2) is 6.10 Å². The molecule has 1 aromatic carbocycles. The van der Waals surface area contributed by atoms with Crippen molar-refractivity contribution in [3.8, 4) is 24.7 Å². The highest BCUT2D eigenvalue weighted by Gasteiger charge is 2.24. The van der Waals surface area contributed by atoms with Gasteiger partial charge >= 0.3 is 5.97 Å². The lowest BCUT2D eigenvalue weighted by atomic mass is 9.97. The van der Waals surface area contributed by atoms with Crippen LogP contribution in [0.15, 0.2) is 42.5 Å². The van der Waals surface area contributed by atoms with Crippen LogP contribution < -0.4 is 0 Å². The lowest BCUT2D eigenvalue weighted by Crippen LogP contribution is -2.26. The summed E-state index contributed by atoms with van der Waals surface area (Å²) in [6.45, 7) is 5.59. The van der Waals surface area contributed by atoms with Crippen molar-refractivity contribution in [1.82, 2.24) is 0 Å². The average molecular weight is 310 g/mol. The second kappa shape index (κ2) is 8.83. The van der Waals surface area contributed by atoms with Gasteiger partial charge in [0, 0.05) is 0 Å². The quantitative estimate of drug-likeness (QED) is 0.458. The summed E-state index contributed by atoms with van der Waals surface area (Å²) < 4.78 is 10.8. The second-order valence-electron chi connectivity index (χ2n) is 5.96. The van der Waals surface area contributed by atoms with Crippen LogP contribution >= 0.6 is 0 Å². The molecule has 0 heterocycles. The first kappa shape index (κ1) is 18.6. The van der Waals surface area contributed by atoms with E-state index in [1.165, 1.54) is 0 Å². The molecule has 1 rings (SSSR count). The average Bonchev–Trinajstić information content (AvgIpc) is 2.53. The third kappa shape index (κ3) is 6.43. The molecular weight excluding hydrogens is 288 g/mol. The van der Waals surface area contributed by atoms with Crippen molar-refractivity contribution < 1.29 is 14.3 Å². The number of ether oxygens (including phenoxy) is 2. The van der Waals surface area contributed by atoms with Crippen LogP contribution in [0.5, 0.6) is 0 Å². The van der Waals surface area contributed by atoms with Crippen molar-refractivity contribution in [3.05, 3.63) is 48.0 Å². The molecule has 120 valence electrons. The standard InChI is InChI=1S/C20H22O3/c1-6-17(23-19(21)20(3,4)5)14-11-15-22-18(7-2)16-12-9-8-10-13-16/h1-2,8-14,17-18H,15H2,3-5H3/b14-11+. The van der Waals surface area contributed by atoms with Crippen LogP contribution in [0.1, 0.15) is 32.4 Å². The van der Waals surface area contributed by atoms with Crippen molar-refractivity contribution in [2.75, 3.05) is 6.61 Å².